The summed E-state index contributed by atoms with van der Waals surface area (Å²) in [4.78, 5) is 0. The maximum Gasteiger partial charge on any atom is 0.139 e. The maximum atomic E-state index is 3.22. The zero-order chi connectivity index (χ0) is 6.81. The van der Waals surface area contributed by atoms with Crippen LogP contribution in [0.3, 0.4) is 0 Å². The van der Waals surface area contributed by atoms with Gasteiger partial charge in [0.1, 0.15) is 7.28 Å². The summed E-state index contributed by atoms with van der Waals surface area (Å²) in [6.45, 7) is 0. The minimum absolute atomic E-state index is 1.06. The second-order valence-corrected chi connectivity index (χ2v) is 3.53. The Morgan fingerprint density at radius 2 is 2.10 bits per heavy atom. The summed E-state index contributed by atoms with van der Waals surface area (Å²) in [5.74, 6) is 8.57. The quantitative estimate of drug-likeness (QED) is 0.348. The van der Waals surface area contributed by atoms with Crippen LogP contribution in [0.2, 0.25) is 12.1 Å². The van der Waals surface area contributed by atoms with Gasteiger partial charge in [0, 0.05) is 6.42 Å². The van der Waals surface area contributed by atoms with Gasteiger partial charge in [0.25, 0.3) is 0 Å². The van der Waals surface area contributed by atoms with Gasteiger partial charge in [0.05, 0.1) is 0 Å². The monoisotopic (exact) mass is 132 g/mol. The molecule has 2 unspecified atom stereocenters. The van der Waals surface area contributed by atoms with Crippen LogP contribution in [0.1, 0.15) is 25.7 Å². The first kappa shape index (κ1) is 6.34. The van der Waals surface area contributed by atoms with Gasteiger partial charge < -0.3 is 0 Å². The third-order valence-electron chi connectivity index (χ3n) is 2.98. The van der Waals surface area contributed by atoms with E-state index in [1.54, 1.807) is 0 Å². The predicted octanol–water partition coefficient (Wildman–Crippen LogP) is 1.84. The molecule has 0 nitrogen and oxygen atoms in total. The van der Waals surface area contributed by atoms with Crippen molar-refractivity contribution in [1.82, 2.24) is 0 Å². The van der Waals surface area contributed by atoms with E-state index in [0.717, 1.165) is 11.7 Å². The van der Waals surface area contributed by atoms with Crippen molar-refractivity contribution in [2.75, 3.05) is 0 Å². The third-order valence-corrected chi connectivity index (χ3v) is 2.98. The molecule has 1 saturated carbocycles. The van der Waals surface area contributed by atoms with E-state index in [-0.39, 0.29) is 0 Å². The van der Waals surface area contributed by atoms with Crippen molar-refractivity contribution < 1.29 is 0 Å². The lowest BCUT2D eigenvalue weighted by Gasteiger charge is -2.36. The van der Waals surface area contributed by atoms with Crippen LogP contribution < -0.4 is 0 Å². The van der Waals surface area contributed by atoms with Crippen molar-refractivity contribution in [2.24, 2.45) is 5.92 Å². The second-order valence-electron chi connectivity index (χ2n) is 3.53. The maximum absolute atomic E-state index is 3.22. The molecule has 52 valence electrons. The number of hydrogen-bond acceptors (Lipinski definition) is 0. The van der Waals surface area contributed by atoms with E-state index in [0.29, 0.717) is 0 Å². The molecular formula is C9H13B. The molecule has 0 bridgehead atoms. The fourth-order valence-electron chi connectivity index (χ4n) is 2.09. The summed E-state index contributed by atoms with van der Waals surface area (Å²) in [7, 11) is 1.39. The highest BCUT2D eigenvalue weighted by molar-refractivity contribution is 6.39. The molecule has 1 heterocycles. The molecule has 10 heavy (non-hydrogen) atoms. The van der Waals surface area contributed by atoms with Crippen molar-refractivity contribution in [3.8, 4) is 11.8 Å². The van der Waals surface area contributed by atoms with E-state index in [1.807, 2.05) is 0 Å². The van der Waals surface area contributed by atoms with E-state index in [1.165, 1.54) is 39.3 Å². The van der Waals surface area contributed by atoms with Gasteiger partial charge in [-0.3, -0.25) is 0 Å². The van der Waals surface area contributed by atoms with Gasteiger partial charge in [-0.05, 0) is 18.7 Å². The van der Waals surface area contributed by atoms with Crippen LogP contribution in [0.25, 0.3) is 0 Å². The molecule has 1 aliphatic heterocycles. The lowest BCUT2D eigenvalue weighted by molar-refractivity contribution is 0.297. The first-order valence-corrected chi connectivity index (χ1v) is 4.42. The molecule has 0 aromatic rings. The Hall–Kier alpha value is -0.375. The zero-order valence-electron chi connectivity index (χ0n) is 6.40. The molecule has 0 aromatic carbocycles. The van der Waals surface area contributed by atoms with Crippen LogP contribution in [0.4, 0.5) is 0 Å². The fraction of sp³-hybridized carbons (Fsp3) is 0.778. The number of fused-ring (bicyclic) bond motifs is 1. The van der Waals surface area contributed by atoms with Gasteiger partial charge in [0.15, 0.2) is 0 Å². The standard InChI is InChI=1S/C9H13B/c1-2-4-8-5-6-9(8)10-7-3-1/h8-10H,2,4-7H2. The van der Waals surface area contributed by atoms with Crippen molar-refractivity contribution in [2.45, 2.75) is 37.8 Å². The lowest BCUT2D eigenvalue weighted by atomic mass is 9.48. The highest BCUT2D eigenvalue weighted by Gasteiger charge is 2.30. The minimum Gasteiger partial charge on any atom is -0.112 e. The Bertz CT molecular complexity index is 157. The van der Waals surface area contributed by atoms with E-state index < -0.39 is 0 Å². The first-order chi connectivity index (χ1) is 4.97. The molecule has 2 atom stereocenters. The molecule has 0 saturated heterocycles. The van der Waals surface area contributed by atoms with Gasteiger partial charge in [-0.15, -0.1) is 11.8 Å². The predicted molar refractivity (Wildman–Crippen MR) is 45.4 cm³/mol. The van der Waals surface area contributed by atoms with Crippen LogP contribution in [-0.2, 0) is 0 Å². The molecule has 2 rings (SSSR count). The summed E-state index contributed by atoms with van der Waals surface area (Å²) in [5.41, 5.74) is 0. The summed E-state index contributed by atoms with van der Waals surface area (Å²) in [5, 5.41) is 0. The Balaban J connectivity index is 1.96. The number of hydrogen-bond donors (Lipinski definition) is 0. The smallest absolute Gasteiger partial charge is 0.112 e. The summed E-state index contributed by atoms with van der Waals surface area (Å²) >= 11 is 0. The Morgan fingerprint density at radius 3 is 2.90 bits per heavy atom. The van der Waals surface area contributed by atoms with Gasteiger partial charge in [-0.1, -0.05) is 18.7 Å². The van der Waals surface area contributed by atoms with Crippen LogP contribution in [0, 0.1) is 17.8 Å². The normalized spacial score (nSPS) is 36.8. The SMILES string of the molecule is B1CC#CCCC2CCC12. The van der Waals surface area contributed by atoms with Crippen molar-refractivity contribution in [3.05, 3.63) is 0 Å². The molecule has 1 aliphatic carbocycles. The average molecular weight is 132 g/mol. The topological polar surface area (TPSA) is 0 Å². The largest absolute Gasteiger partial charge is 0.139 e. The van der Waals surface area contributed by atoms with E-state index in [2.05, 4.69) is 11.8 Å². The Labute approximate surface area is 63.6 Å². The molecule has 1 heteroatoms. The van der Waals surface area contributed by atoms with Crippen LogP contribution in [0.15, 0.2) is 0 Å². The van der Waals surface area contributed by atoms with Crippen LogP contribution in [-0.4, -0.2) is 7.28 Å². The van der Waals surface area contributed by atoms with E-state index >= 15 is 0 Å². The Morgan fingerprint density at radius 1 is 1.10 bits per heavy atom. The number of rotatable bonds is 0. The highest BCUT2D eigenvalue weighted by atomic mass is 14.3. The van der Waals surface area contributed by atoms with Crippen LogP contribution in [0.5, 0.6) is 0 Å². The summed E-state index contributed by atoms with van der Waals surface area (Å²) in [6, 6.07) is 0. The van der Waals surface area contributed by atoms with Crippen molar-refractivity contribution in [1.29, 1.82) is 0 Å². The van der Waals surface area contributed by atoms with Gasteiger partial charge in [-0.2, -0.15) is 0 Å². The molecule has 0 N–H and O–H groups in total. The molecule has 0 amide bonds. The molecule has 0 radical (unpaired) electrons. The van der Waals surface area contributed by atoms with Crippen molar-refractivity contribution >= 4 is 7.28 Å². The van der Waals surface area contributed by atoms with Gasteiger partial charge in [0.2, 0.25) is 0 Å². The molecule has 0 aromatic heterocycles. The highest BCUT2D eigenvalue weighted by Crippen LogP contribution is 2.42. The molecule has 2 aliphatic rings. The molecule has 1 fully saturated rings. The second kappa shape index (κ2) is 2.70. The van der Waals surface area contributed by atoms with E-state index in [4.69, 9.17) is 0 Å². The van der Waals surface area contributed by atoms with Gasteiger partial charge >= 0.3 is 0 Å². The molecular weight excluding hydrogens is 119 g/mol. The van der Waals surface area contributed by atoms with Crippen molar-refractivity contribution in [3.63, 3.8) is 0 Å². The Kier molecular flexibility index (Phi) is 1.71. The van der Waals surface area contributed by atoms with Crippen LogP contribution >= 0.6 is 0 Å². The fourth-order valence-corrected chi connectivity index (χ4v) is 2.09. The third kappa shape index (κ3) is 1.08. The van der Waals surface area contributed by atoms with E-state index in [9.17, 15) is 0 Å². The minimum atomic E-state index is 1.06. The summed E-state index contributed by atoms with van der Waals surface area (Å²) in [6.07, 6.45) is 6.71. The van der Waals surface area contributed by atoms with Gasteiger partial charge in [-0.25, -0.2) is 0 Å². The zero-order valence-corrected chi connectivity index (χ0v) is 6.40. The molecule has 0 spiro atoms. The summed E-state index contributed by atoms with van der Waals surface area (Å²) < 4.78 is 0. The first-order valence-electron chi connectivity index (χ1n) is 4.42. The average Bonchev–Trinajstić information content (AvgIpc) is 1.89. The lowest BCUT2D eigenvalue weighted by Crippen LogP contribution is -2.25.